The summed E-state index contributed by atoms with van der Waals surface area (Å²) in [6, 6.07) is 0. The van der Waals surface area contributed by atoms with Gasteiger partial charge in [-0.25, -0.2) is 0 Å². The standard InChI is InChI=1S/C15H22N2O2/c1-8(2)13(9(3)18)15-16-14(17-19-15)12-7-10-4-5-11(12)6-10/h8,10-13H,4-7H2,1-3H3. The van der Waals surface area contributed by atoms with E-state index in [2.05, 4.69) is 10.1 Å². The van der Waals surface area contributed by atoms with E-state index in [1.54, 1.807) is 6.92 Å². The zero-order chi connectivity index (χ0) is 13.6. The first-order chi connectivity index (χ1) is 9.06. The summed E-state index contributed by atoms with van der Waals surface area (Å²) in [5.74, 6) is 3.49. The van der Waals surface area contributed by atoms with E-state index in [1.165, 1.54) is 25.7 Å². The van der Waals surface area contributed by atoms with Crippen molar-refractivity contribution in [3.63, 3.8) is 0 Å². The second-order valence-electron chi connectivity index (χ2n) is 6.60. The van der Waals surface area contributed by atoms with Crippen LogP contribution in [0, 0.1) is 17.8 Å². The van der Waals surface area contributed by atoms with Crippen molar-refractivity contribution in [2.24, 2.45) is 17.8 Å². The maximum atomic E-state index is 11.7. The normalized spacial score (nSPS) is 31.1. The lowest BCUT2D eigenvalue weighted by atomic mass is 9.88. The lowest BCUT2D eigenvalue weighted by Crippen LogP contribution is -2.16. The first-order valence-electron chi connectivity index (χ1n) is 7.40. The first kappa shape index (κ1) is 12.8. The monoisotopic (exact) mass is 262 g/mol. The van der Waals surface area contributed by atoms with E-state index in [0.717, 1.165) is 17.7 Å². The molecule has 0 aromatic carbocycles. The van der Waals surface area contributed by atoms with Crippen molar-refractivity contribution in [2.45, 2.75) is 58.3 Å². The molecule has 4 heteroatoms. The van der Waals surface area contributed by atoms with Gasteiger partial charge in [-0.1, -0.05) is 25.4 Å². The van der Waals surface area contributed by atoms with Crippen molar-refractivity contribution >= 4 is 5.78 Å². The summed E-state index contributed by atoms with van der Waals surface area (Å²) in [7, 11) is 0. The molecular weight excluding hydrogens is 240 g/mol. The fraction of sp³-hybridized carbons (Fsp3) is 0.800. The number of hydrogen-bond acceptors (Lipinski definition) is 4. The molecule has 2 fully saturated rings. The van der Waals surface area contributed by atoms with Gasteiger partial charge in [0.2, 0.25) is 5.89 Å². The van der Waals surface area contributed by atoms with Crippen LogP contribution in [0.15, 0.2) is 4.52 Å². The Morgan fingerprint density at radius 3 is 2.63 bits per heavy atom. The van der Waals surface area contributed by atoms with Gasteiger partial charge in [-0.15, -0.1) is 0 Å². The van der Waals surface area contributed by atoms with Crippen LogP contribution in [0.25, 0.3) is 0 Å². The summed E-state index contributed by atoms with van der Waals surface area (Å²) in [5.41, 5.74) is 0. The van der Waals surface area contributed by atoms with Gasteiger partial charge < -0.3 is 4.52 Å². The van der Waals surface area contributed by atoms with Crippen LogP contribution >= 0.6 is 0 Å². The summed E-state index contributed by atoms with van der Waals surface area (Å²) in [6.45, 7) is 5.65. The van der Waals surface area contributed by atoms with E-state index in [9.17, 15) is 4.79 Å². The second-order valence-corrected chi connectivity index (χ2v) is 6.60. The molecule has 3 rings (SSSR count). The van der Waals surface area contributed by atoms with Gasteiger partial charge in [-0.3, -0.25) is 4.79 Å². The van der Waals surface area contributed by atoms with E-state index >= 15 is 0 Å². The van der Waals surface area contributed by atoms with Gasteiger partial charge in [0, 0.05) is 5.92 Å². The zero-order valence-corrected chi connectivity index (χ0v) is 11.9. The molecule has 4 unspecified atom stereocenters. The number of fused-ring (bicyclic) bond motifs is 2. The first-order valence-corrected chi connectivity index (χ1v) is 7.40. The third-order valence-corrected chi connectivity index (χ3v) is 4.90. The van der Waals surface area contributed by atoms with Gasteiger partial charge in [0.25, 0.3) is 0 Å². The lowest BCUT2D eigenvalue weighted by molar-refractivity contribution is -0.119. The molecule has 104 valence electrons. The number of hydrogen-bond donors (Lipinski definition) is 0. The molecule has 0 N–H and O–H groups in total. The van der Waals surface area contributed by atoms with Crippen LogP contribution in [0.5, 0.6) is 0 Å². The molecule has 19 heavy (non-hydrogen) atoms. The number of rotatable bonds is 4. The second kappa shape index (κ2) is 4.73. The van der Waals surface area contributed by atoms with Crippen LogP contribution < -0.4 is 0 Å². The Kier molecular flexibility index (Phi) is 3.19. The van der Waals surface area contributed by atoms with Crippen LogP contribution in [-0.4, -0.2) is 15.9 Å². The predicted octanol–water partition coefficient (Wildman–Crippen LogP) is 3.30. The van der Waals surface area contributed by atoms with Crippen LogP contribution in [-0.2, 0) is 4.79 Å². The molecule has 1 aromatic heterocycles. The third-order valence-electron chi connectivity index (χ3n) is 4.90. The molecule has 1 aromatic rings. The van der Waals surface area contributed by atoms with Crippen molar-refractivity contribution in [2.75, 3.05) is 0 Å². The zero-order valence-electron chi connectivity index (χ0n) is 11.9. The average Bonchev–Trinajstić information content (AvgIpc) is 3.02. The molecule has 0 aliphatic heterocycles. The molecule has 4 atom stereocenters. The Morgan fingerprint density at radius 2 is 2.11 bits per heavy atom. The number of aromatic nitrogens is 2. The lowest BCUT2D eigenvalue weighted by Gasteiger charge is -2.17. The minimum Gasteiger partial charge on any atom is -0.339 e. The molecule has 2 aliphatic rings. The van der Waals surface area contributed by atoms with Crippen molar-refractivity contribution in [1.29, 1.82) is 0 Å². The van der Waals surface area contributed by atoms with E-state index in [0.29, 0.717) is 11.8 Å². The summed E-state index contributed by atoms with van der Waals surface area (Å²) in [5, 5.41) is 4.16. The number of carbonyl (C=O) groups excluding carboxylic acids is 1. The number of carbonyl (C=O) groups is 1. The van der Waals surface area contributed by atoms with Gasteiger partial charge in [0.15, 0.2) is 5.82 Å². The topological polar surface area (TPSA) is 56.0 Å². The number of ketones is 1. The molecule has 2 saturated carbocycles. The molecular formula is C15H22N2O2. The Morgan fingerprint density at radius 1 is 1.32 bits per heavy atom. The van der Waals surface area contributed by atoms with Crippen LogP contribution in [0.1, 0.15) is 70.0 Å². The minimum absolute atomic E-state index is 0.109. The minimum atomic E-state index is -0.250. The van der Waals surface area contributed by atoms with Crippen molar-refractivity contribution in [3.8, 4) is 0 Å². The van der Waals surface area contributed by atoms with E-state index in [4.69, 9.17) is 4.52 Å². The highest BCUT2D eigenvalue weighted by atomic mass is 16.5. The number of Topliss-reactive ketones (excluding diaryl/α,β-unsaturated/α-hetero) is 1. The summed E-state index contributed by atoms with van der Waals surface area (Å²) in [4.78, 5) is 16.3. The fourth-order valence-electron chi connectivity index (χ4n) is 4.01. The fourth-order valence-corrected chi connectivity index (χ4v) is 4.01. The van der Waals surface area contributed by atoms with Gasteiger partial charge in [0.1, 0.15) is 5.78 Å². The molecule has 0 amide bonds. The maximum Gasteiger partial charge on any atom is 0.237 e. The molecule has 1 heterocycles. The average molecular weight is 262 g/mol. The smallest absolute Gasteiger partial charge is 0.237 e. The van der Waals surface area contributed by atoms with Crippen LogP contribution in [0.2, 0.25) is 0 Å². The summed E-state index contributed by atoms with van der Waals surface area (Å²) >= 11 is 0. The summed E-state index contributed by atoms with van der Waals surface area (Å²) < 4.78 is 5.39. The van der Waals surface area contributed by atoms with Gasteiger partial charge >= 0.3 is 0 Å². The van der Waals surface area contributed by atoms with Gasteiger partial charge in [-0.05, 0) is 43.9 Å². The Bertz CT molecular complexity index is 480. The van der Waals surface area contributed by atoms with Gasteiger partial charge in [-0.2, -0.15) is 4.98 Å². The quantitative estimate of drug-likeness (QED) is 0.835. The van der Waals surface area contributed by atoms with E-state index in [-0.39, 0.29) is 17.6 Å². The predicted molar refractivity (Wildman–Crippen MR) is 70.7 cm³/mol. The highest BCUT2D eigenvalue weighted by Crippen LogP contribution is 2.52. The Balaban J connectivity index is 1.81. The molecule has 4 nitrogen and oxygen atoms in total. The molecule has 0 radical (unpaired) electrons. The molecule has 2 aliphatic carbocycles. The Hall–Kier alpha value is -1.19. The SMILES string of the molecule is CC(=O)C(c1nc(C2CC3CCC2C3)no1)C(C)C. The maximum absolute atomic E-state index is 11.7. The third kappa shape index (κ3) is 2.21. The van der Waals surface area contributed by atoms with E-state index in [1.807, 2.05) is 13.8 Å². The highest BCUT2D eigenvalue weighted by Gasteiger charge is 2.42. The number of nitrogens with zero attached hydrogens (tertiary/aromatic N) is 2. The van der Waals surface area contributed by atoms with Crippen LogP contribution in [0.4, 0.5) is 0 Å². The van der Waals surface area contributed by atoms with E-state index < -0.39 is 0 Å². The highest BCUT2D eigenvalue weighted by molar-refractivity contribution is 5.82. The van der Waals surface area contributed by atoms with Crippen LogP contribution in [0.3, 0.4) is 0 Å². The molecule has 0 spiro atoms. The largest absolute Gasteiger partial charge is 0.339 e. The van der Waals surface area contributed by atoms with Crippen molar-refractivity contribution < 1.29 is 9.32 Å². The molecule has 0 saturated heterocycles. The Labute approximate surface area is 114 Å². The van der Waals surface area contributed by atoms with Gasteiger partial charge in [0.05, 0.1) is 5.92 Å². The summed E-state index contributed by atoms with van der Waals surface area (Å²) in [6.07, 6.45) is 5.21. The van der Waals surface area contributed by atoms with Crippen molar-refractivity contribution in [1.82, 2.24) is 10.1 Å². The molecule has 2 bridgehead atoms. The van der Waals surface area contributed by atoms with Crippen molar-refractivity contribution in [3.05, 3.63) is 11.7 Å².